The van der Waals surface area contributed by atoms with Gasteiger partial charge in [0.15, 0.2) is 0 Å². The van der Waals surface area contributed by atoms with Crippen molar-refractivity contribution in [2.45, 2.75) is 37.9 Å². The van der Waals surface area contributed by atoms with Crippen molar-refractivity contribution in [2.75, 3.05) is 6.61 Å². The molecule has 1 unspecified atom stereocenters. The number of alkyl halides is 3. The van der Waals surface area contributed by atoms with Crippen molar-refractivity contribution in [3.63, 3.8) is 0 Å². The van der Waals surface area contributed by atoms with Crippen LogP contribution in [-0.4, -0.2) is 34.7 Å². The van der Waals surface area contributed by atoms with E-state index >= 15 is 0 Å². The number of nitrogens with zero attached hydrogens (tertiary/aromatic N) is 2. The van der Waals surface area contributed by atoms with Gasteiger partial charge < -0.3 is 10.1 Å². The third-order valence-corrected chi connectivity index (χ3v) is 5.45. The lowest BCUT2D eigenvalue weighted by Crippen LogP contribution is -2.39. The van der Waals surface area contributed by atoms with E-state index in [4.69, 9.17) is 4.74 Å². The van der Waals surface area contributed by atoms with Gasteiger partial charge in [-0.3, -0.25) is 9.78 Å². The number of hydrogen-bond acceptors (Lipinski definition) is 4. The lowest BCUT2D eigenvalue weighted by Gasteiger charge is -2.27. The average molecular weight is 441 g/mol. The molecule has 1 aromatic carbocycles. The van der Waals surface area contributed by atoms with Crippen LogP contribution in [0.2, 0.25) is 0 Å². The average Bonchev–Trinajstić information content (AvgIpc) is 2.79. The molecule has 1 aliphatic carbocycles. The molecular formula is C24H22F3N3O2. The van der Waals surface area contributed by atoms with Crippen LogP contribution in [0.4, 0.5) is 13.2 Å². The monoisotopic (exact) mass is 441 g/mol. The number of aromatic nitrogens is 2. The van der Waals surface area contributed by atoms with E-state index in [0.717, 1.165) is 24.0 Å². The molecule has 0 saturated heterocycles. The van der Waals surface area contributed by atoms with Crippen molar-refractivity contribution in [1.29, 1.82) is 0 Å². The summed E-state index contributed by atoms with van der Waals surface area (Å²) in [6.07, 6.45) is 1.91. The highest BCUT2D eigenvalue weighted by molar-refractivity contribution is 5.94. The minimum Gasteiger partial charge on any atom is -0.477 e. The summed E-state index contributed by atoms with van der Waals surface area (Å²) >= 11 is 0. The zero-order valence-corrected chi connectivity index (χ0v) is 17.2. The number of carbonyl (C=O) groups is 1. The molecule has 1 atom stereocenters. The maximum absolute atomic E-state index is 12.7. The summed E-state index contributed by atoms with van der Waals surface area (Å²) in [6, 6.07) is 13.1. The van der Waals surface area contributed by atoms with Crippen LogP contribution in [0.15, 0.2) is 61.1 Å². The number of pyridine rings is 2. The fraction of sp³-hybridized carbons (Fsp3) is 0.292. The van der Waals surface area contributed by atoms with E-state index in [-0.39, 0.29) is 17.8 Å². The number of rotatable bonds is 6. The molecule has 2 heterocycles. The Morgan fingerprint density at radius 1 is 1.12 bits per heavy atom. The predicted molar refractivity (Wildman–Crippen MR) is 113 cm³/mol. The van der Waals surface area contributed by atoms with E-state index in [1.807, 2.05) is 12.1 Å². The molecule has 32 heavy (non-hydrogen) atoms. The number of carbonyl (C=O) groups excluding carboxylic acids is 1. The zero-order valence-electron chi connectivity index (χ0n) is 17.2. The van der Waals surface area contributed by atoms with Crippen LogP contribution in [0.5, 0.6) is 5.88 Å². The Hall–Kier alpha value is -3.42. The highest BCUT2D eigenvalue weighted by atomic mass is 19.4. The van der Waals surface area contributed by atoms with Crippen molar-refractivity contribution in [1.82, 2.24) is 15.3 Å². The molecule has 3 aromatic rings. The highest BCUT2D eigenvalue weighted by Gasteiger charge is 2.27. The fourth-order valence-corrected chi connectivity index (χ4v) is 3.85. The number of hydrogen-bond donors (Lipinski definition) is 1. The number of nitrogens with one attached hydrogen (secondary N) is 1. The van der Waals surface area contributed by atoms with Crippen molar-refractivity contribution in [2.24, 2.45) is 0 Å². The molecule has 5 nitrogen and oxygen atoms in total. The van der Waals surface area contributed by atoms with Gasteiger partial charge in [0, 0.05) is 30.7 Å². The van der Waals surface area contributed by atoms with E-state index in [1.54, 1.807) is 12.4 Å². The Kier molecular flexibility index (Phi) is 6.39. The number of ether oxygens (including phenoxy) is 1. The van der Waals surface area contributed by atoms with Crippen LogP contribution in [-0.2, 0) is 12.8 Å². The first-order valence-electron chi connectivity index (χ1n) is 10.4. The smallest absolute Gasteiger partial charge is 0.392 e. The van der Waals surface area contributed by atoms with Crippen LogP contribution in [0.25, 0.3) is 11.1 Å². The summed E-state index contributed by atoms with van der Waals surface area (Å²) < 4.78 is 41.6. The molecular weight excluding hydrogens is 419 g/mol. The van der Waals surface area contributed by atoms with Crippen LogP contribution in [0, 0.1) is 0 Å². The van der Waals surface area contributed by atoms with E-state index in [0.29, 0.717) is 12.0 Å². The van der Waals surface area contributed by atoms with E-state index in [1.165, 1.54) is 29.5 Å². The number of halogens is 3. The molecule has 0 saturated carbocycles. The second-order valence-electron chi connectivity index (χ2n) is 7.69. The SMILES string of the molecule is O=C(NC1CCc2cccc(-c3ccncc3)c2C1)c1ccc(OCCC(F)(F)F)nc1. The molecule has 2 aromatic heterocycles. The summed E-state index contributed by atoms with van der Waals surface area (Å²) in [6.45, 7) is -0.511. The molecule has 0 aliphatic heterocycles. The van der Waals surface area contributed by atoms with Gasteiger partial charge in [0.1, 0.15) is 0 Å². The minimum atomic E-state index is -4.28. The molecule has 0 fully saturated rings. The first-order chi connectivity index (χ1) is 15.4. The number of benzene rings is 1. The Morgan fingerprint density at radius 3 is 2.66 bits per heavy atom. The van der Waals surface area contributed by atoms with Gasteiger partial charge >= 0.3 is 6.18 Å². The molecule has 166 valence electrons. The van der Waals surface area contributed by atoms with Gasteiger partial charge in [0.25, 0.3) is 5.91 Å². The van der Waals surface area contributed by atoms with Crippen molar-refractivity contribution in [3.8, 4) is 17.0 Å². The van der Waals surface area contributed by atoms with Gasteiger partial charge in [0.2, 0.25) is 5.88 Å². The second-order valence-corrected chi connectivity index (χ2v) is 7.69. The molecule has 8 heteroatoms. The van der Waals surface area contributed by atoms with Gasteiger partial charge in [-0.05, 0) is 59.7 Å². The Morgan fingerprint density at radius 2 is 1.94 bits per heavy atom. The molecule has 0 spiro atoms. The third-order valence-electron chi connectivity index (χ3n) is 5.45. The van der Waals surface area contributed by atoms with Gasteiger partial charge in [-0.15, -0.1) is 0 Å². The molecule has 4 rings (SSSR count). The van der Waals surface area contributed by atoms with Gasteiger partial charge in [-0.1, -0.05) is 18.2 Å². The van der Waals surface area contributed by atoms with Gasteiger partial charge in [0.05, 0.1) is 18.6 Å². The highest BCUT2D eigenvalue weighted by Crippen LogP contribution is 2.31. The standard InChI is InChI=1S/C24H22F3N3O2/c25-24(26,27)10-13-32-22-7-5-18(15-29-22)23(31)30-19-6-4-16-2-1-3-20(21(16)14-19)17-8-11-28-12-9-17/h1-3,5,7-9,11-12,15,19H,4,6,10,13-14H2,(H,30,31). The van der Waals surface area contributed by atoms with Gasteiger partial charge in [-0.2, -0.15) is 13.2 Å². The first kappa shape index (κ1) is 21.8. The van der Waals surface area contributed by atoms with Crippen LogP contribution in [0.1, 0.15) is 34.3 Å². The Labute approximate surface area is 183 Å². The van der Waals surface area contributed by atoms with E-state index in [9.17, 15) is 18.0 Å². The second kappa shape index (κ2) is 9.38. The molecule has 1 aliphatic rings. The molecule has 0 bridgehead atoms. The van der Waals surface area contributed by atoms with Crippen molar-refractivity contribution < 1.29 is 22.7 Å². The summed E-state index contributed by atoms with van der Waals surface area (Å²) in [5.74, 6) is -0.214. The number of fused-ring (bicyclic) bond motifs is 1. The Bertz CT molecular complexity index is 1070. The summed E-state index contributed by atoms with van der Waals surface area (Å²) in [5, 5.41) is 3.06. The Balaban J connectivity index is 1.39. The van der Waals surface area contributed by atoms with Crippen molar-refractivity contribution >= 4 is 5.91 Å². The quantitative estimate of drug-likeness (QED) is 0.599. The minimum absolute atomic E-state index is 0.0271. The lowest BCUT2D eigenvalue weighted by molar-refractivity contribution is -0.139. The number of aryl methyl sites for hydroxylation is 1. The van der Waals surface area contributed by atoms with Crippen molar-refractivity contribution in [3.05, 3.63) is 77.7 Å². The first-order valence-corrected chi connectivity index (χ1v) is 10.4. The fourth-order valence-electron chi connectivity index (χ4n) is 3.85. The van der Waals surface area contributed by atoms with Crippen LogP contribution in [0.3, 0.4) is 0 Å². The summed E-state index contributed by atoms with van der Waals surface area (Å²) in [4.78, 5) is 20.7. The maximum Gasteiger partial charge on any atom is 0.392 e. The third kappa shape index (κ3) is 5.43. The number of amides is 1. The summed E-state index contributed by atoms with van der Waals surface area (Å²) in [7, 11) is 0. The van der Waals surface area contributed by atoms with E-state index in [2.05, 4.69) is 33.5 Å². The zero-order chi connectivity index (χ0) is 22.6. The predicted octanol–water partition coefficient (Wildman–Crippen LogP) is 4.76. The molecule has 1 amide bonds. The van der Waals surface area contributed by atoms with E-state index < -0.39 is 19.2 Å². The topological polar surface area (TPSA) is 64.1 Å². The molecule has 1 N–H and O–H groups in total. The van der Waals surface area contributed by atoms with Crippen LogP contribution < -0.4 is 10.1 Å². The lowest BCUT2D eigenvalue weighted by atomic mass is 9.83. The summed E-state index contributed by atoms with van der Waals surface area (Å²) in [5.41, 5.74) is 5.08. The normalized spacial score (nSPS) is 15.7. The molecule has 0 radical (unpaired) electrons. The maximum atomic E-state index is 12.7. The van der Waals surface area contributed by atoms with Crippen LogP contribution >= 0.6 is 0 Å². The van der Waals surface area contributed by atoms with Gasteiger partial charge in [-0.25, -0.2) is 4.98 Å². The largest absolute Gasteiger partial charge is 0.477 e.